The van der Waals surface area contributed by atoms with E-state index in [9.17, 15) is 4.79 Å². The maximum absolute atomic E-state index is 10.7. The number of aldehydes is 1. The van der Waals surface area contributed by atoms with Crippen molar-refractivity contribution in [1.29, 1.82) is 0 Å². The molecule has 3 rings (SSSR count). The average Bonchev–Trinajstić information content (AvgIpc) is 2.85. The highest BCUT2D eigenvalue weighted by molar-refractivity contribution is 7.26. The van der Waals surface area contributed by atoms with E-state index in [0.717, 1.165) is 32.3 Å². The first kappa shape index (κ1) is 9.42. The van der Waals surface area contributed by atoms with Crippen LogP contribution in [0.25, 0.3) is 20.3 Å². The van der Waals surface area contributed by atoms with Crippen LogP contribution in [0.3, 0.4) is 0 Å². The molecule has 0 aliphatic heterocycles. The zero-order chi connectivity index (χ0) is 11.1. The summed E-state index contributed by atoms with van der Waals surface area (Å²) in [5.41, 5.74) is 1.63. The van der Waals surface area contributed by atoms with Crippen LogP contribution in [0.2, 0.25) is 0 Å². The molecule has 3 nitrogen and oxygen atoms in total. The van der Waals surface area contributed by atoms with Crippen molar-refractivity contribution in [1.82, 2.24) is 4.98 Å². The number of carbonyl (C=O) groups is 1. The van der Waals surface area contributed by atoms with Gasteiger partial charge >= 0.3 is 0 Å². The molecular formula is C12H9NO2S. The van der Waals surface area contributed by atoms with Gasteiger partial charge in [-0.15, -0.1) is 11.3 Å². The third-order valence-electron chi connectivity index (χ3n) is 2.61. The van der Waals surface area contributed by atoms with E-state index in [1.54, 1.807) is 18.4 Å². The minimum atomic E-state index is 0.617. The first-order valence-electron chi connectivity index (χ1n) is 4.87. The molecule has 0 unspecified atom stereocenters. The molecule has 0 radical (unpaired) electrons. The second kappa shape index (κ2) is 3.35. The van der Waals surface area contributed by atoms with E-state index < -0.39 is 0 Å². The van der Waals surface area contributed by atoms with E-state index in [1.807, 2.05) is 24.3 Å². The number of aromatic nitrogens is 1. The van der Waals surface area contributed by atoms with Crippen LogP contribution >= 0.6 is 11.3 Å². The highest BCUT2D eigenvalue weighted by Crippen LogP contribution is 2.38. The van der Waals surface area contributed by atoms with Crippen molar-refractivity contribution in [3.8, 4) is 5.75 Å². The summed E-state index contributed by atoms with van der Waals surface area (Å²) >= 11 is 1.63. The number of rotatable bonds is 2. The predicted octanol–water partition coefficient (Wildman–Crippen LogP) is 3.20. The molecule has 0 aliphatic rings. The van der Waals surface area contributed by atoms with Crippen LogP contribution in [0.15, 0.2) is 24.3 Å². The van der Waals surface area contributed by atoms with Crippen molar-refractivity contribution in [2.24, 2.45) is 0 Å². The molecule has 80 valence electrons. The molecule has 0 atom stereocenters. The Kier molecular flexibility index (Phi) is 1.97. The topological polar surface area (TPSA) is 42.1 Å². The van der Waals surface area contributed by atoms with Crippen LogP contribution in [0.1, 0.15) is 10.5 Å². The molecule has 2 aromatic heterocycles. The molecule has 0 fully saturated rings. The Morgan fingerprint density at radius 2 is 2.31 bits per heavy atom. The fourth-order valence-corrected chi connectivity index (χ4v) is 3.09. The Labute approximate surface area is 95.6 Å². The lowest BCUT2D eigenvalue weighted by Crippen LogP contribution is -1.81. The van der Waals surface area contributed by atoms with E-state index >= 15 is 0 Å². The molecule has 0 spiro atoms. The molecule has 1 aromatic carbocycles. The van der Waals surface area contributed by atoms with Gasteiger partial charge in [0, 0.05) is 5.39 Å². The molecule has 0 saturated heterocycles. The lowest BCUT2D eigenvalue weighted by molar-refractivity contribution is 0.112. The summed E-state index contributed by atoms with van der Waals surface area (Å²) in [5.74, 6) is 0.875. The van der Waals surface area contributed by atoms with Gasteiger partial charge in [-0.25, -0.2) is 0 Å². The van der Waals surface area contributed by atoms with Crippen molar-refractivity contribution in [3.63, 3.8) is 0 Å². The van der Waals surface area contributed by atoms with Crippen LogP contribution in [0, 0.1) is 0 Å². The molecule has 0 bridgehead atoms. The molecule has 2 heterocycles. The fraction of sp³-hybridized carbons (Fsp3) is 0.0833. The minimum Gasteiger partial charge on any atom is -0.495 e. The first-order chi connectivity index (χ1) is 7.83. The Balaban J connectivity index is 2.43. The zero-order valence-corrected chi connectivity index (χ0v) is 9.43. The third kappa shape index (κ3) is 1.17. The smallest absolute Gasteiger partial charge is 0.166 e. The normalized spacial score (nSPS) is 11.1. The monoisotopic (exact) mass is 231 g/mol. The number of benzene rings is 1. The van der Waals surface area contributed by atoms with Gasteiger partial charge < -0.3 is 9.72 Å². The maximum Gasteiger partial charge on any atom is 0.166 e. The fourth-order valence-electron chi connectivity index (χ4n) is 1.89. The van der Waals surface area contributed by atoms with Crippen LogP contribution in [0.4, 0.5) is 0 Å². The highest BCUT2D eigenvalue weighted by atomic mass is 32.1. The van der Waals surface area contributed by atoms with Crippen LogP contribution < -0.4 is 4.74 Å². The van der Waals surface area contributed by atoms with Crippen molar-refractivity contribution < 1.29 is 9.53 Å². The molecule has 3 aromatic rings. The van der Waals surface area contributed by atoms with E-state index in [1.165, 1.54) is 0 Å². The number of methoxy groups -OCH3 is 1. The third-order valence-corrected chi connectivity index (χ3v) is 3.78. The molecule has 0 saturated carbocycles. The van der Waals surface area contributed by atoms with E-state index in [2.05, 4.69) is 4.98 Å². The second-order valence-corrected chi connectivity index (χ2v) is 4.57. The van der Waals surface area contributed by atoms with Gasteiger partial charge in [-0.1, -0.05) is 12.1 Å². The number of thiophene rings is 1. The summed E-state index contributed by atoms with van der Waals surface area (Å²) < 4.78 is 7.51. The van der Waals surface area contributed by atoms with Crippen LogP contribution in [0.5, 0.6) is 5.75 Å². The number of hydrogen-bond donors (Lipinski definition) is 1. The zero-order valence-electron chi connectivity index (χ0n) is 8.61. The molecular weight excluding hydrogens is 222 g/mol. The quantitative estimate of drug-likeness (QED) is 0.688. The Hall–Kier alpha value is -1.81. The summed E-state index contributed by atoms with van der Waals surface area (Å²) in [4.78, 5) is 13.8. The summed E-state index contributed by atoms with van der Waals surface area (Å²) in [6.45, 7) is 0. The lowest BCUT2D eigenvalue weighted by atomic mass is 10.2. The Bertz CT molecular complexity index is 681. The van der Waals surface area contributed by atoms with Gasteiger partial charge in [-0.2, -0.15) is 0 Å². The number of H-pyrrole nitrogens is 1. The minimum absolute atomic E-state index is 0.617. The highest BCUT2D eigenvalue weighted by Gasteiger charge is 2.11. The van der Waals surface area contributed by atoms with Gasteiger partial charge in [-0.3, -0.25) is 4.79 Å². The number of hydrogen-bond acceptors (Lipinski definition) is 3. The maximum atomic E-state index is 10.7. The second-order valence-electron chi connectivity index (χ2n) is 3.52. The van der Waals surface area contributed by atoms with Crippen LogP contribution in [-0.2, 0) is 0 Å². The number of carbonyl (C=O) groups excluding carboxylic acids is 1. The summed E-state index contributed by atoms with van der Waals surface area (Å²) in [7, 11) is 1.67. The van der Waals surface area contributed by atoms with Gasteiger partial charge in [0.25, 0.3) is 0 Å². The molecule has 4 heteroatoms. The van der Waals surface area contributed by atoms with Crippen molar-refractivity contribution in [2.75, 3.05) is 7.11 Å². The average molecular weight is 231 g/mol. The van der Waals surface area contributed by atoms with Gasteiger partial charge in [0.15, 0.2) is 6.29 Å². The van der Waals surface area contributed by atoms with Gasteiger partial charge in [0.1, 0.15) is 5.75 Å². The lowest BCUT2D eigenvalue weighted by Gasteiger charge is -1.99. The number of aromatic amines is 1. The van der Waals surface area contributed by atoms with Gasteiger partial charge in [0.05, 0.1) is 27.7 Å². The van der Waals surface area contributed by atoms with Gasteiger partial charge in [0.2, 0.25) is 0 Å². The van der Waals surface area contributed by atoms with Gasteiger partial charge in [-0.05, 0) is 12.1 Å². The first-order valence-corrected chi connectivity index (χ1v) is 5.68. The Morgan fingerprint density at radius 1 is 1.44 bits per heavy atom. The molecule has 16 heavy (non-hydrogen) atoms. The molecule has 1 N–H and O–H groups in total. The standard InChI is InChI=1S/C12H9NO2S/c1-15-9-4-2-3-8-11-10(16-12(8)9)5-7(6-14)13-11/h2-6,13H,1H3. The largest absolute Gasteiger partial charge is 0.495 e. The SMILES string of the molecule is COc1cccc2c1sc1cc(C=O)[nH]c12. The van der Waals surface area contributed by atoms with E-state index in [0.29, 0.717) is 5.69 Å². The summed E-state index contributed by atoms with van der Waals surface area (Å²) in [6, 6.07) is 7.79. The number of ether oxygens (including phenoxy) is 1. The summed E-state index contributed by atoms with van der Waals surface area (Å²) in [5, 5.41) is 1.10. The van der Waals surface area contributed by atoms with E-state index in [-0.39, 0.29) is 0 Å². The van der Waals surface area contributed by atoms with Crippen molar-refractivity contribution >= 4 is 37.9 Å². The molecule has 0 aliphatic carbocycles. The Morgan fingerprint density at radius 3 is 3.06 bits per heavy atom. The van der Waals surface area contributed by atoms with Crippen molar-refractivity contribution in [2.45, 2.75) is 0 Å². The number of fused-ring (bicyclic) bond motifs is 3. The van der Waals surface area contributed by atoms with E-state index in [4.69, 9.17) is 4.74 Å². The van der Waals surface area contributed by atoms with Crippen LogP contribution in [-0.4, -0.2) is 18.4 Å². The molecule has 0 amide bonds. The van der Waals surface area contributed by atoms with Crippen molar-refractivity contribution in [3.05, 3.63) is 30.0 Å². The predicted molar refractivity (Wildman–Crippen MR) is 65.6 cm³/mol. The number of nitrogens with one attached hydrogen (secondary N) is 1. The summed E-state index contributed by atoms with van der Waals surface area (Å²) in [6.07, 6.45) is 0.832.